The van der Waals surface area contributed by atoms with Gasteiger partial charge in [0, 0.05) is 40.6 Å². The van der Waals surface area contributed by atoms with Gasteiger partial charge in [-0.1, -0.05) is 84.9 Å². The van der Waals surface area contributed by atoms with Crippen molar-refractivity contribution in [3.8, 4) is 5.75 Å². The summed E-state index contributed by atoms with van der Waals surface area (Å²) in [6, 6.07) is 16.1. The second-order valence-electron chi connectivity index (χ2n) is 20.5. The number of allylic oxidation sites excluding steroid dienone is 8. The van der Waals surface area contributed by atoms with Crippen LogP contribution in [0.25, 0.3) is 0 Å². The van der Waals surface area contributed by atoms with E-state index in [2.05, 4.69) is 75.6 Å². The van der Waals surface area contributed by atoms with E-state index in [1.807, 2.05) is 26.8 Å². The van der Waals surface area contributed by atoms with Crippen molar-refractivity contribution in [2.45, 2.75) is 146 Å². The van der Waals surface area contributed by atoms with E-state index in [1.165, 1.54) is 29.3 Å². The lowest BCUT2D eigenvalue weighted by Crippen LogP contribution is -2.42. The summed E-state index contributed by atoms with van der Waals surface area (Å²) in [5.74, 6) is 3.43. The average molecular weight is 920 g/mol. The molecule has 3 aromatic rings. The Morgan fingerprint density at radius 1 is 0.908 bits per heavy atom. The SMILES string of the molecule is C=C(/C=C/C1=C(Oc2ccc3c(c2)CCC2C3CCC3(C)C(=O)CCC23)C(=C/C=C2/N(CCCC)c3ccc(S(=O)(=O)O)cc3C2(C)C)/CCC1)C(C)(C)c1cc(S(=O)(=O)O)ccc1C. The molecular weight excluding hydrogens is 855 g/mol. The summed E-state index contributed by atoms with van der Waals surface area (Å²) >= 11 is 0. The van der Waals surface area contributed by atoms with Crippen LogP contribution in [0.15, 0.2) is 123 Å². The number of carbonyl (C=O) groups excluding carboxylic acids is 1. The fourth-order valence-corrected chi connectivity index (χ4v) is 12.9. The van der Waals surface area contributed by atoms with Crippen LogP contribution >= 0.6 is 0 Å². The Balaban J connectivity index is 1.18. The smallest absolute Gasteiger partial charge is 0.294 e. The lowest BCUT2D eigenvalue weighted by Gasteiger charge is -2.48. The number of anilines is 1. The van der Waals surface area contributed by atoms with Crippen LogP contribution in [-0.4, -0.2) is 38.3 Å². The molecule has 2 saturated carbocycles. The number of Topliss-reactive ketones (excluding diaryl/α,β-unsaturated/α-hetero) is 1. The van der Waals surface area contributed by atoms with Crippen molar-refractivity contribution < 1.29 is 35.5 Å². The van der Waals surface area contributed by atoms with Crippen LogP contribution in [0.1, 0.15) is 139 Å². The number of hydrogen-bond donors (Lipinski definition) is 2. The van der Waals surface area contributed by atoms with Crippen LogP contribution in [0.3, 0.4) is 0 Å². The van der Waals surface area contributed by atoms with Crippen molar-refractivity contribution >= 4 is 31.7 Å². The van der Waals surface area contributed by atoms with Crippen LogP contribution in [0.2, 0.25) is 0 Å². The molecule has 9 nitrogen and oxygen atoms in total. The first kappa shape index (κ1) is 47.0. The van der Waals surface area contributed by atoms with Crippen LogP contribution in [-0.2, 0) is 42.3 Å². The second kappa shape index (κ2) is 17.3. The Kier molecular flexibility index (Phi) is 12.5. The number of aryl methyl sites for hydroxylation is 2. The highest BCUT2D eigenvalue weighted by molar-refractivity contribution is 7.86. The molecular formula is C54H65NO8S2. The molecule has 2 N–H and O–H groups in total. The van der Waals surface area contributed by atoms with Gasteiger partial charge in [0.2, 0.25) is 0 Å². The van der Waals surface area contributed by atoms with E-state index < -0.39 is 31.1 Å². The largest absolute Gasteiger partial charge is 0.457 e. The zero-order valence-corrected chi connectivity index (χ0v) is 40.7. The Morgan fingerprint density at radius 2 is 1.63 bits per heavy atom. The fraction of sp³-hybridized carbons (Fsp3) is 0.463. The van der Waals surface area contributed by atoms with E-state index in [9.17, 15) is 30.7 Å². The first-order chi connectivity index (χ1) is 30.5. The van der Waals surface area contributed by atoms with Crippen LogP contribution < -0.4 is 9.64 Å². The van der Waals surface area contributed by atoms with Crippen LogP contribution in [0.4, 0.5) is 5.69 Å². The highest BCUT2D eigenvalue weighted by Gasteiger charge is 2.54. The second-order valence-corrected chi connectivity index (χ2v) is 23.3. The molecule has 4 aliphatic carbocycles. The molecule has 1 aliphatic heterocycles. The maximum atomic E-state index is 13.0. The Bertz CT molecular complexity index is 2810. The molecule has 0 saturated heterocycles. The van der Waals surface area contributed by atoms with Crippen molar-refractivity contribution in [3.05, 3.63) is 141 Å². The molecule has 0 radical (unpaired) electrons. The minimum absolute atomic E-state index is 0.121. The molecule has 65 heavy (non-hydrogen) atoms. The van der Waals surface area contributed by atoms with Crippen LogP contribution in [0, 0.1) is 24.2 Å². The van der Waals surface area contributed by atoms with Gasteiger partial charge < -0.3 is 9.64 Å². The quantitative estimate of drug-likeness (QED) is 0.134. The predicted molar refractivity (Wildman–Crippen MR) is 258 cm³/mol. The maximum absolute atomic E-state index is 13.0. The van der Waals surface area contributed by atoms with Crippen molar-refractivity contribution in [2.75, 3.05) is 11.4 Å². The van der Waals surface area contributed by atoms with Gasteiger partial charge in [0.05, 0.1) is 9.79 Å². The van der Waals surface area contributed by atoms with E-state index in [4.69, 9.17) is 4.74 Å². The molecule has 3 aromatic carbocycles. The number of nitrogens with zero attached hydrogens (tertiary/aromatic N) is 1. The molecule has 346 valence electrons. The first-order valence-corrected chi connectivity index (χ1v) is 26.3. The molecule has 0 spiro atoms. The van der Waals surface area contributed by atoms with Crippen molar-refractivity contribution in [2.24, 2.45) is 17.3 Å². The maximum Gasteiger partial charge on any atom is 0.294 e. The number of fused-ring (bicyclic) bond motifs is 6. The van der Waals surface area contributed by atoms with Crippen molar-refractivity contribution in [3.63, 3.8) is 0 Å². The lowest BCUT2D eigenvalue weighted by molar-refractivity contribution is -0.129. The third kappa shape index (κ3) is 8.67. The normalized spacial score (nSPS) is 25.5. The molecule has 5 aliphatic rings. The predicted octanol–water partition coefficient (Wildman–Crippen LogP) is 12.2. The molecule has 8 rings (SSSR count). The van der Waals surface area contributed by atoms with Gasteiger partial charge in [-0.2, -0.15) is 16.8 Å². The number of rotatable bonds is 12. The summed E-state index contributed by atoms with van der Waals surface area (Å²) in [7, 11) is -8.80. The number of carbonyl (C=O) groups is 1. The van der Waals surface area contributed by atoms with E-state index in [0.717, 1.165) is 127 Å². The summed E-state index contributed by atoms with van der Waals surface area (Å²) in [6.07, 6.45) is 18.4. The summed E-state index contributed by atoms with van der Waals surface area (Å²) in [4.78, 5) is 15.0. The standard InChI is InChI=1S/C54H65NO8S2/c1-9-10-30-55-48-25-21-41(65(60,61)62)33-47(48)53(6,7)49(55)26-18-37-13-11-12-36(16-15-35(3)52(4,5)46-32-40(64(57,58)59)20-14-34(46)2)51(37)63-39-19-23-42-38(31-39)17-22-44-43(42)28-29-54(8)45(44)24-27-50(54)56/h14-16,18-21,23,25-26,31-33,43-45H,3,9-13,17,22,24,27-30H2,1-2,4-8H3,(H,57,58,59)(H,60,61,62)/b16-15+,37-18+,49-26+. The average Bonchev–Trinajstić information content (AvgIpc) is 3.67. The number of benzene rings is 3. The number of ketones is 1. The summed E-state index contributed by atoms with van der Waals surface area (Å²) in [5, 5.41) is 0. The molecule has 4 atom stereocenters. The minimum atomic E-state index is -4.40. The minimum Gasteiger partial charge on any atom is -0.457 e. The van der Waals surface area contributed by atoms with E-state index >= 15 is 0 Å². The van der Waals surface area contributed by atoms with Crippen molar-refractivity contribution in [1.82, 2.24) is 0 Å². The molecule has 0 aromatic heterocycles. The van der Waals surface area contributed by atoms with E-state index in [1.54, 1.807) is 18.2 Å². The molecule has 2 fully saturated rings. The Hall–Kier alpha value is -4.55. The molecule has 0 amide bonds. The fourth-order valence-electron chi connectivity index (χ4n) is 11.9. The van der Waals surface area contributed by atoms with Crippen molar-refractivity contribution in [1.29, 1.82) is 0 Å². The van der Waals surface area contributed by atoms with Gasteiger partial charge in [0.25, 0.3) is 20.2 Å². The van der Waals surface area contributed by atoms with Gasteiger partial charge >= 0.3 is 0 Å². The zero-order chi connectivity index (χ0) is 46.9. The number of unbranched alkanes of at least 4 members (excludes halogenated alkanes) is 1. The highest BCUT2D eigenvalue weighted by Crippen LogP contribution is 2.60. The Labute approximate surface area is 386 Å². The third-order valence-corrected chi connectivity index (χ3v) is 17.6. The van der Waals surface area contributed by atoms with Gasteiger partial charge in [-0.3, -0.25) is 13.9 Å². The van der Waals surface area contributed by atoms with Gasteiger partial charge in [-0.25, -0.2) is 0 Å². The van der Waals surface area contributed by atoms with E-state index in [-0.39, 0.29) is 15.2 Å². The monoisotopic (exact) mass is 919 g/mol. The molecule has 4 unspecified atom stereocenters. The number of ether oxygens (including phenoxy) is 1. The van der Waals surface area contributed by atoms with E-state index in [0.29, 0.717) is 30.0 Å². The van der Waals surface area contributed by atoms with Crippen LogP contribution in [0.5, 0.6) is 5.75 Å². The van der Waals surface area contributed by atoms with Gasteiger partial charge in [-0.05, 0) is 176 Å². The lowest BCUT2D eigenvalue weighted by atomic mass is 9.55. The topological polar surface area (TPSA) is 138 Å². The summed E-state index contributed by atoms with van der Waals surface area (Å²) in [5.41, 5.74) is 8.50. The first-order valence-electron chi connectivity index (χ1n) is 23.4. The third-order valence-electron chi connectivity index (χ3n) is 15.9. The summed E-state index contributed by atoms with van der Waals surface area (Å²) < 4.78 is 75.7. The molecule has 0 bridgehead atoms. The Morgan fingerprint density at radius 3 is 2.35 bits per heavy atom. The molecule has 11 heteroatoms. The number of hydrogen-bond acceptors (Lipinski definition) is 7. The van der Waals surface area contributed by atoms with Gasteiger partial charge in [-0.15, -0.1) is 0 Å². The van der Waals surface area contributed by atoms with Gasteiger partial charge in [0.1, 0.15) is 17.3 Å². The highest BCUT2D eigenvalue weighted by atomic mass is 32.2. The summed E-state index contributed by atoms with van der Waals surface area (Å²) in [6.45, 7) is 19.7. The zero-order valence-electron chi connectivity index (χ0n) is 39.0. The van der Waals surface area contributed by atoms with Gasteiger partial charge in [0.15, 0.2) is 0 Å². The molecule has 1 heterocycles.